The van der Waals surface area contributed by atoms with E-state index in [9.17, 15) is 0 Å². The molecule has 0 atom stereocenters. The maximum Gasteiger partial charge on any atom is 0.235 e. The summed E-state index contributed by atoms with van der Waals surface area (Å²) in [5, 5.41) is 9.79. The van der Waals surface area contributed by atoms with Crippen LogP contribution in [0.3, 0.4) is 0 Å². The lowest BCUT2D eigenvalue weighted by Gasteiger charge is -2.22. The monoisotopic (exact) mass is 910 g/mol. The molecule has 15 rings (SSSR count). The molecule has 14 aromatic rings. The fourth-order valence-electron chi connectivity index (χ4n) is 11.8. The summed E-state index contributed by atoms with van der Waals surface area (Å²) < 4.78 is 5.82. The summed E-state index contributed by atoms with van der Waals surface area (Å²) in [5.74, 6) is 0.659. The molecule has 1 aliphatic carbocycles. The number of fused-ring (bicyclic) bond motifs is 14. The van der Waals surface area contributed by atoms with Gasteiger partial charge in [-0.1, -0.05) is 178 Å². The standard InChI is InChI=1S/C65H42N4S/c1-65(2)52-24-14-13-23-48(52)49-30-26-44(36-53(49)65)62-63-54(38-59(70-63)41-17-5-3-6-18-41)66-64(67-62)69-55-32-29-42(35-51(55)61-47-22-12-10-16-40(47)28-34-57(61)69)43-25-31-50-58(37-43)68(45-19-7-4-8-20-45)56-33-27-39-15-9-11-21-46(39)60(50)56/h3-38H,1-2H3. The van der Waals surface area contributed by atoms with Gasteiger partial charge in [-0.3, -0.25) is 4.57 Å². The Morgan fingerprint density at radius 3 is 1.80 bits per heavy atom. The van der Waals surface area contributed by atoms with Gasteiger partial charge in [0.2, 0.25) is 5.95 Å². The van der Waals surface area contributed by atoms with Crippen molar-refractivity contribution in [2.45, 2.75) is 19.3 Å². The van der Waals surface area contributed by atoms with Crippen LogP contribution in [0, 0.1) is 0 Å². The summed E-state index contributed by atoms with van der Waals surface area (Å²) in [4.78, 5) is 12.4. The Morgan fingerprint density at radius 2 is 1.01 bits per heavy atom. The molecule has 70 heavy (non-hydrogen) atoms. The SMILES string of the molecule is CC1(C)c2ccccc2-c2ccc(-c3nc(-n4c5ccc(-c6ccc7c8c9ccccc9ccc8n(-c8ccccc8)c7c6)cc5c5c6ccccc6ccc54)nc4cc(-c5ccccc5)sc34)cc21. The molecule has 0 unspecified atom stereocenters. The normalized spacial score (nSPS) is 13.1. The first-order valence-electron chi connectivity index (χ1n) is 24.1. The van der Waals surface area contributed by atoms with Crippen molar-refractivity contribution < 1.29 is 0 Å². The van der Waals surface area contributed by atoms with Crippen LogP contribution in [-0.4, -0.2) is 19.1 Å². The van der Waals surface area contributed by atoms with Crippen molar-refractivity contribution in [2.24, 2.45) is 0 Å². The average Bonchev–Trinajstić information content (AvgIpc) is 4.16. The Kier molecular flexibility index (Phi) is 8.26. The zero-order valence-corrected chi connectivity index (χ0v) is 39.3. The highest BCUT2D eigenvalue weighted by molar-refractivity contribution is 7.22. The van der Waals surface area contributed by atoms with Crippen molar-refractivity contribution in [2.75, 3.05) is 0 Å². The van der Waals surface area contributed by atoms with Crippen LogP contribution >= 0.6 is 11.3 Å². The first-order valence-corrected chi connectivity index (χ1v) is 24.9. The minimum Gasteiger partial charge on any atom is -0.309 e. The Hall–Kier alpha value is -8.64. The molecule has 0 amide bonds. The molecule has 4 nitrogen and oxygen atoms in total. The molecule has 0 radical (unpaired) electrons. The number of nitrogens with zero attached hydrogens (tertiary/aromatic N) is 4. The van der Waals surface area contributed by atoms with Crippen molar-refractivity contribution in [1.29, 1.82) is 0 Å². The first-order chi connectivity index (χ1) is 34.5. The minimum atomic E-state index is -0.149. The second kappa shape index (κ2) is 14.7. The second-order valence-electron chi connectivity index (χ2n) is 19.3. The number of rotatable bonds is 5. The van der Waals surface area contributed by atoms with Crippen LogP contribution in [0.1, 0.15) is 25.0 Å². The quantitative estimate of drug-likeness (QED) is 0.172. The molecule has 5 heteroatoms. The van der Waals surface area contributed by atoms with Crippen LogP contribution < -0.4 is 0 Å². The molecule has 328 valence electrons. The maximum atomic E-state index is 5.68. The molecular weight excluding hydrogens is 869 g/mol. The van der Waals surface area contributed by atoms with Gasteiger partial charge in [0.1, 0.15) is 0 Å². The number of benzene rings is 10. The van der Waals surface area contributed by atoms with Crippen LogP contribution in [0.25, 0.3) is 131 Å². The summed E-state index contributed by atoms with van der Waals surface area (Å²) in [6.07, 6.45) is 0. The lowest BCUT2D eigenvalue weighted by Crippen LogP contribution is -2.15. The topological polar surface area (TPSA) is 35.6 Å². The van der Waals surface area contributed by atoms with Gasteiger partial charge in [-0.05, 0) is 115 Å². The molecule has 0 N–H and O–H groups in total. The summed E-state index contributed by atoms with van der Waals surface area (Å²) in [7, 11) is 0. The highest BCUT2D eigenvalue weighted by atomic mass is 32.1. The van der Waals surface area contributed by atoms with Gasteiger partial charge in [0.05, 0.1) is 38.0 Å². The Bertz CT molecular complexity index is 4500. The molecule has 0 saturated heterocycles. The molecule has 0 bridgehead atoms. The smallest absolute Gasteiger partial charge is 0.235 e. The van der Waals surface area contributed by atoms with Gasteiger partial charge in [0, 0.05) is 43.1 Å². The van der Waals surface area contributed by atoms with Crippen LogP contribution in [0.4, 0.5) is 0 Å². The predicted molar refractivity (Wildman–Crippen MR) is 295 cm³/mol. The number of aromatic nitrogens is 4. The van der Waals surface area contributed by atoms with E-state index in [1.54, 1.807) is 11.3 Å². The second-order valence-corrected chi connectivity index (χ2v) is 20.4. The molecular formula is C65H42N4S. The van der Waals surface area contributed by atoms with Gasteiger partial charge in [-0.15, -0.1) is 11.3 Å². The van der Waals surface area contributed by atoms with Gasteiger partial charge in [0.25, 0.3) is 0 Å². The van der Waals surface area contributed by atoms with Gasteiger partial charge in [-0.2, -0.15) is 0 Å². The van der Waals surface area contributed by atoms with Crippen molar-refractivity contribution in [3.63, 3.8) is 0 Å². The van der Waals surface area contributed by atoms with E-state index in [1.807, 2.05) is 0 Å². The third kappa shape index (κ3) is 5.64. The maximum absolute atomic E-state index is 5.68. The van der Waals surface area contributed by atoms with E-state index in [1.165, 1.54) is 81.4 Å². The highest BCUT2D eigenvalue weighted by Gasteiger charge is 2.35. The van der Waals surface area contributed by atoms with Crippen LogP contribution in [0.2, 0.25) is 0 Å². The van der Waals surface area contributed by atoms with E-state index < -0.39 is 0 Å². The Morgan fingerprint density at radius 1 is 0.400 bits per heavy atom. The van der Waals surface area contributed by atoms with Crippen molar-refractivity contribution in [1.82, 2.24) is 19.1 Å². The molecule has 0 fully saturated rings. The number of para-hydroxylation sites is 1. The molecule has 4 heterocycles. The summed E-state index contributed by atoms with van der Waals surface area (Å²) in [5.41, 5.74) is 17.3. The summed E-state index contributed by atoms with van der Waals surface area (Å²) in [6, 6.07) is 80.0. The van der Waals surface area contributed by atoms with Gasteiger partial charge in [0.15, 0.2) is 0 Å². The third-order valence-electron chi connectivity index (χ3n) is 15.1. The van der Waals surface area contributed by atoms with E-state index >= 15 is 0 Å². The summed E-state index contributed by atoms with van der Waals surface area (Å²) in [6.45, 7) is 4.70. The third-order valence-corrected chi connectivity index (χ3v) is 16.3. The zero-order valence-electron chi connectivity index (χ0n) is 38.5. The van der Waals surface area contributed by atoms with Crippen LogP contribution in [-0.2, 0) is 5.41 Å². The largest absolute Gasteiger partial charge is 0.309 e. The molecule has 0 spiro atoms. The van der Waals surface area contributed by atoms with Crippen molar-refractivity contribution in [3.8, 4) is 55.6 Å². The Labute approximate surface area is 408 Å². The van der Waals surface area contributed by atoms with Gasteiger partial charge in [-0.25, -0.2) is 9.97 Å². The van der Waals surface area contributed by atoms with Crippen LogP contribution in [0.5, 0.6) is 0 Å². The number of hydrogen-bond acceptors (Lipinski definition) is 3. The van der Waals surface area contributed by atoms with E-state index in [4.69, 9.17) is 9.97 Å². The lowest BCUT2D eigenvalue weighted by atomic mass is 9.82. The fourth-order valence-corrected chi connectivity index (χ4v) is 12.9. The van der Waals surface area contributed by atoms with Crippen molar-refractivity contribution >= 4 is 86.7 Å². The van der Waals surface area contributed by atoms with Gasteiger partial charge < -0.3 is 4.57 Å². The molecule has 0 saturated carbocycles. The molecule has 10 aromatic carbocycles. The zero-order chi connectivity index (χ0) is 46.2. The molecule has 4 aromatic heterocycles. The van der Waals surface area contributed by atoms with Crippen LogP contribution in [0.15, 0.2) is 218 Å². The number of hydrogen-bond donors (Lipinski definition) is 0. The molecule has 0 aliphatic heterocycles. The van der Waals surface area contributed by atoms with Gasteiger partial charge >= 0.3 is 0 Å². The lowest BCUT2D eigenvalue weighted by molar-refractivity contribution is 0.660. The van der Waals surface area contributed by atoms with E-state index in [-0.39, 0.29) is 5.41 Å². The first kappa shape index (κ1) is 39.4. The molecule has 1 aliphatic rings. The van der Waals surface area contributed by atoms with E-state index in [2.05, 4.69) is 241 Å². The minimum absolute atomic E-state index is 0.149. The predicted octanol–water partition coefficient (Wildman–Crippen LogP) is 17.5. The van der Waals surface area contributed by atoms with E-state index in [0.717, 1.165) is 54.7 Å². The summed E-state index contributed by atoms with van der Waals surface area (Å²) >= 11 is 1.77. The highest BCUT2D eigenvalue weighted by Crippen LogP contribution is 2.51. The van der Waals surface area contributed by atoms with Crippen molar-refractivity contribution in [3.05, 3.63) is 230 Å². The Balaban J connectivity index is 0.970. The fraction of sp³-hybridized carbons (Fsp3) is 0.0462. The average molecular weight is 911 g/mol. The number of thiophene rings is 1. The van der Waals surface area contributed by atoms with E-state index in [0.29, 0.717) is 5.95 Å².